The van der Waals surface area contributed by atoms with Crippen LogP contribution in [-0.2, 0) is 13.0 Å². The van der Waals surface area contributed by atoms with Gasteiger partial charge in [-0.25, -0.2) is 4.98 Å². The van der Waals surface area contributed by atoms with E-state index in [9.17, 15) is 4.79 Å². The number of hydrogen-bond acceptors (Lipinski definition) is 4. The molecule has 0 bridgehead atoms. The Morgan fingerprint density at radius 2 is 1.47 bits per heavy atom. The summed E-state index contributed by atoms with van der Waals surface area (Å²) in [5.41, 5.74) is 11.2. The lowest BCUT2D eigenvalue weighted by molar-refractivity contribution is 0.188. The number of anilines is 1. The molecule has 6 heteroatoms. The minimum atomic E-state index is -0.341. The van der Waals surface area contributed by atoms with Gasteiger partial charge in [0.05, 0.1) is 17.3 Å². The Labute approximate surface area is 208 Å². The summed E-state index contributed by atoms with van der Waals surface area (Å²) >= 11 is 3.51. The number of aromatic nitrogens is 2. The first-order valence-corrected chi connectivity index (χ1v) is 12.3. The maximum Gasteiger partial charge on any atom is 0.260 e. The topological polar surface area (TPSA) is 64.2 Å². The zero-order chi connectivity index (χ0) is 23.7. The van der Waals surface area contributed by atoms with Gasteiger partial charge in [0.15, 0.2) is 0 Å². The summed E-state index contributed by atoms with van der Waals surface area (Å²) < 4.78 is 2.72. The third kappa shape index (κ3) is 4.31. The van der Waals surface area contributed by atoms with E-state index in [1.54, 1.807) is 4.57 Å². The molecule has 1 unspecified atom stereocenters. The molecule has 2 N–H and O–H groups in total. The summed E-state index contributed by atoms with van der Waals surface area (Å²) in [6, 6.07) is 28.2. The molecule has 4 aromatic rings. The highest BCUT2D eigenvalue weighted by molar-refractivity contribution is 9.10. The van der Waals surface area contributed by atoms with E-state index in [0.717, 1.165) is 33.4 Å². The van der Waals surface area contributed by atoms with Gasteiger partial charge < -0.3 is 5.73 Å². The number of halogens is 1. The Bertz CT molecular complexity index is 1300. The second-order valence-corrected chi connectivity index (χ2v) is 9.66. The highest BCUT2D eigenvalue weighted by atomic mass is 79.9. The van der Waals surface area contributed by atoms with Gasteiger partial charge in [0.2, 0.25) is 5.95 Å². The average Bonchev–Trinajstić information content (AvgIpc) is 2.87. The largest absolute Gasteiger partial charge is 0.369 e. The SMILES string of the molecule is CC(c1ccc(Br)cc1)N1CCc2nc(N)n(C(c3ccccc3)c3ccccc3)c(=O)c2C1. The molecule has 0 fully saturated rings. The van der Waals surface area contributed by atoms with Crippen LogP contribution < -0.4 is 11.3 Å². The normalized spacial score (nSPS) is 14.7. The number of benzene rings is 3. The van der Waals surface area contributed by atoms with Gasteiger partial charge in [0.25, 0.3) is 5.56 Å². The quantitative estimate of drug-likeness (QED) is 0.390. The van der Waals surface area contributed by atoms with Gasteiger partial charge >= 0.3 is 0 Å². The lowest BCUT2D eigenvalue weighted by Crippen LogP contribution is -2.41. The van der Waals surface area contributed by atoms with E-state index >= 15 is 0 Å². The van der Waals surface area contributed by atoms with E-state index in [-0.39, 0.29) is 23.6 Å². The van der Waals surface area contributed by atoms with Crippen LogP contribution in [0.5, 0.6) is 0 Å². The van der Waals surface area contributed by atoms with Crippen molar-refractivity contribution in [2.75, 3.05) is 12.3 Å². The molecule has 1 atom stereocenters. The number of nitrogens with zero attached hydrogens (tertiary/aromatic N) is 3. The highest BCUT2D eigenvalue weighted by Gasteiger charge is 2.29. The summed E-state index contributed by atoms with van der Waals surface area (Å²) in [4.78, 5) is 21.1. The van der Waals surface area contributed by atoms with Gasteiger partial charge in [0, 0.05) is 30.0 Å². The fraction of sp³-hybridized carbons (Fsp3) is 0.214. The van der Waals surface area contributed by atoms with Crippen molar-refractivity contribution in [3.63, 3.8) is 0 Å². The van der Waals surface area contributed by atoms with E-state index in [0.29, 0.717) is 13.0 Å². The van der Waals surface area contributed by atoms with E-state index in [4.69, 9.17) is 10.7 Å². The van der Waals surface area contributed by atoms with Gasteiger partial charge in [-0.2, -0.15) is 0 Å². The molecule has 0 amide bonds. The second kappa shape index (κ2) is 9.57. The molecule has 5 rings (SSSR count). The Balaban J connectivity index is 1.57. The zero-order valence-electron chi connectivity index (χ0n) is 19.1. The fourth-order valence-corrected chi connectivity index (χ4v) is 5.09. The predicted molar refractivity (Wildman–Crippen MR) is 140 cm³/mol. The van der Waals surface area contributed by atoms with Crippen LogP contribution in [0.1, 0.15) is 47.0 Å². The Hall–Kier alpha value is -3.22. The summed E-state index contributed by atoms with van der Waals surface area (Å²) in [5, 5.41) is 0. The molecule has 2 heterocycles. The zero-order valence-corrected chi connectivity index (χ0v) is 20.7. The van der Waals surface area contributed by atoms with Crippen molar-refractivity contribution in [3.05, 3.63) is 128 Å². The molecule has 1 aromatic heterocycles. The molecule has 34 heavy (non-hydrogen) atoms. The van der Waals surface area contributed by atoms with Gasteiger partial charge in [-0.1, -0.05) is 88.7 Å². The van der Waals surface area contributed by atoms with Crippen LogP contribution in [0.2, 0.25) is 0 Å². The molecule has 5 nitrogen and oxygen atoms in total. The Kier molecular flexibility index (Phi) is 6.35. The summed E-state index contributed by atoms with van der Waals surface area (Å²) in [6.45, 7) is 3.57. The van der Waals surface area contributed by atoms with Crippen LogP contribution in [-0.4, -0.2) is 21.0 Å². The van der Waals surface area contributed by atoms with E-state index in [1.165, 1.54) is 5.56 Å². The van der Waals surface area contributed by atoms with Gasteiger partial charge in [-0.15, -0.1) is 0 Å². The molecule has 0 radical (unpaired) electrons. The molecule has 0 spiro atoms. The van der Waals surface area contributed by atoms with Crippen molar-refractivity contribution in [1.29, 1.82) is 0 Å². The molecule has 1 aliphatic heterocycles. The van der Waals surface area contributed by atoms with Crippen molar-refractivity contribution < 1.29 is 0 Å². The minimum absolute atomic E-state index is 0.0621. The van der Waals surface area contributed by atoms with Gasteiger partial charge in [-0.3, -0.25) is 14.3 Å². The van der Waals surface area contributed by atoms with Crippen LogP contribution >= 0.6 is 15.9 Å². The third-order valence-electron chi connectivity index (χ3n) is 6.71. The number of rotatable bonds is 5. The first-order valence-electron chi connectivity index (χ1n) is 11.5. The predicted octanol–water partition coefficient (Wildman–Crippen LogP) is 5.35. The van der Waals surface area contributed by atoms with Crippen LogP contribution in [0, 0.1) is 0 Å². The van der Waals surface area contributed by atoms with Gasteiger partial charge in [0.1, 0.15) is 0 Å². The van der Waals surface area contributed by atoms with Crippen LogP contribution in [0.25, 0.3) is 0 Å². The van der Waals surface area contributed by atoms with Crippen molar-refractivity contribution in [3.8, 4) is 0 Å². The summed E-state index contributed by atoms with van der Waals surface area (Å²) in [6.07, 6.45) is 0.706. The third-order valence-corrected chi connectivity index (χ3v) is 7.24. The van der Waals surface area contributed by atoms with Crippen LogP contribution in [0.15, 0.2) is 94.2 Å². The molecule has 0 saturated carbocycles. The molecule has 1 aliphatic rings. The number of hydrogen-bond donors (Lipinski definition) is 1. The maximum atomic E-state index is 14.0. The molecule has 0 saturated heterocycles. The van der Waals surface area contributed by atoms with Crippen molar-refractivity contribution in [2.24, 2.45) is 0 Å². The molecule has 3 aromatic carbocycles. The van der Waals surface area contributed by atoms with Crippen LogP contribution in [0.4, 0.5) is 5.95 Å². The van der Waals surface area contributed by atoms with Crippen molar-refractivity contribution in [2.45, 2.75) is 32.0 Å². The average molecular weight is 515 g/mol. The maximum absolute atomic E-state index is 14.0. The molecule has 0 aliphatic carbocycles. The minimum Gasteiger partial charge on any atom is -0.369 e. The lowest BCUT2D eigenvalue weighted by Gasteiger charge is -2.34. The Morgan fingerprint density at radius 3 is 2.06 bits per heavy atom. The Morgan fingerprint density at radius 1 is 0.882 bits per heavy atom. The standard InChI is InChI=1S/C28H27BrN4O/c1-19(20-12-14-23(29)15-13-20)32-17-16-25-24(18-32)27(34)33(28(30)31-25)26(21-8-4-2-5-9-21)22-10-6-3-7-11-22/h2-15,19,26H,16-18H2,1H3,(H2,30,31). The smallest absolute Gasteiger partial charge is 0.260 e. The number of nitrogen functional groups attached to an aromatic ring is 1. The van der Waals surface area contributed by atoms with Crippen molar-refractivity contribution in [1.82, 2.24) is 14.5 Å². The molecular weight excluding hydrogens is 488 g/mol. The van der Waals surface area contributed by atoms with Crippen molar-refractivity contribution >= 4 is 21.9 Å². The van der Waals surface area contributed by atoms with E-state index in [2.05, 4.69) is 52.0 Å². The number of fused-ring (bicyclic) bond motifs is 1. The monoisotopic (exact) mass is 514 g/mol. The first kappa shape index (κ1) is 22.6. The van der Waals surface area contributed by atoms with Crippen LogP contribution in [0.3, 0.4) is 0 Å². The lowest BCUT2D eigenvalue weighted by atomic mass is 9.97. The number of nitrogens with two attached hydrogens (primary N) is 1. The second-order valence-electron chi connectivity index (χ2n) is 8.74. The highest BCUT2D eigenvalue weighted by Crippen LogP contribution is 2.30. The summed E-state index contributed by atoms with van der Waals surface area (Å²) in [7, 11) is 0. The van der Waals surface area contributed by atoms with Gasteiger partial charge in [-0.05, 0) is 35.7 Å². The van der Waals surface area contributed by atoms with E-state index in [1.807, 2.05) is 60.7 Å². The summed E-state index contributed by atoms with van der Waals surface area (Å²) in [5.74, 6) is 0.260. The fourth-order valence-electron chi connectivity index (χ4n) is 4.82. The molecular formula is C28H27BrN4O. The van der Waals surface area contributed by atoms with E-state index < -0.39 is 0 Å². The molecule has 172 valence electrons. The first-order chi connectivity index (χ1) is 16.5.